The van der Waals surface area contributed by atoms with Crippen LogP contribution in [0.25, 0.3) is 0 Å². The number of ether oxygens (including phenoxy) is 1. The van der Waals surface area contributed by atoms with Gasteiger partial charge in [-0.3, -0.25) is 4.99 Å². The van der Waals surface area contributed by atoms with Gasteiger partial charge in [-0.1, -0.05) is 11.6 Å². The highest BCUT2D eigenvalue weighted by molar-refractivity contribution is 7.14. The third-order valence-corrected chi connectivity index (χ3v) is 5.37. The van der Waals surface area contributed by atoms with Crippen LogP contribution in [0, 0.1) is 0 Å². The van der Waals surface area contributed by atoms with Crippen LogP contribution in [-0.2, 0) is 0 Å². The molecule has 2 aromatic heterocycles. The molecule has 0 spiro atoms. The molecular weight excluding hydrogens is 370 g/mol. The van der Waals surface area contributed by atoms with Crippen molar-refractivity contribution in [1.29, 1.82) is 0 Å². The predicted octanol–water partition coefficient (Wildman–Crippen LogP) is 3.01. The summed E-state index contributed by atoms with van der Waals surface area (Å²) in [6.45, 7) is 3.30. The normalized spacial score (nSPS) is 15.8. The van der Waals surface area contributed by atoms with Gasteiger partial charge in [0, 0.05) is 38.4 Å². The highest BCUT2D eigenvalue weighted by atomic mass is 35.5. The molecule has 0 saturated carbocycles. The van der Waals surface area contributed by atoms with E-state index in [-0.39, 0.29) is 0 Å². The molecule has 0 unspecified atom stereocenters. The lowest BCUT2D eigenvalue weighted by Gasteiger charge is -2.33. The highest BCUT2D eigenvalue weighted by Gasteiger charge is 2.20. The zero-order valence-corrected chi connectivity index (χ0v) is 16.4. The molecule has 0 radical (unpaired) electrons. The van der Waals surface area contributed by atoms with Gasteiger partial charge >= 0.3 is 0 Å². The van der Waals surface area contributed by atoms with E-state index in [9.17, 15) is 0 Å². The number of hydrogen-bond donors (Lipinski definition) is 2. The average molecular weight is 394 g/mol. The first-order valence-corrected chi connectivity index (χ1v) is 10.0. The Kier molecular flexibility index (Phi) is 6.96. The van der Waals surface area contributed by atoms with Crippen LogP contribution < -0.4 is 20.3 Å². The minimum Gasteiger partial charge on any atom is -0.476 e. The summed E-state index contributed by atoms with van der Waals surface area (Å²) in [4.78, 5) is 10.9. The quantitative estimate of drug-likeness (QED) is 0.448. The van der Waals surface area contributed by atoms with E-state index in [2.05, 4.69) is 43.0 Å². The smallest absolute Gasteiger partial charge is 0.213 e. The fourth-order valence-corrected chi connectivity index (χ4v) is 3.75. The summed E-state index contributed by atoms with van der Waals surface area (Å²) < 4.78 is 5.58. The van der Waals surface area contributed by atoms with Crippen molar-refractivity contribution in [1.82, 2.24) is 15.6 Å². The Bertz CT molecular complexity index is 684. The molecule has 26 heavy (non-hydrogen) atoms. The first-order chi connectivity index (χ1) is 12.7. The van der Waals surface area contributed by atoms with E-state index < -0.39 is 0 Å². The van der Waals surface area contributed by atoms with Crippen LogP contribution in [0.4, 0.5) is 5.00 Å². The van der Waals surface area contributed by atoms with Crippen molar-refractivity contribution in [2.24, 2.45) is 4.99 Å². The van der Waals surface area contributed by atoms with Crippen LogP contribution in [0.2, 0.25) is 5.02 Å². The molecule has 1 fully saturated rings. The average Bonchev–Trinajstić information content (AvgIpc) is 3.21. The summed E-state index contributed by atoms with van der Waals surface area (Å²) in [5.41, 5.74) is 0. The number of piperidine rings is 1. The summed E-state index contributed by atoms with van der Waals surface area (Å²) in [6, 6.07) is 8.26. The van der Waals surface area contributed by atoms with Crippen molar-refractivity contribution in [2.75, 3.05) is 38.2 Å². The Hall–Kier alpha value is -1.99. The first-order valence-electron chi connectivity index (χ1n) is 8.74. The number of aromatic nitrogens is 1. The van der Waals surface area contributed by atoms with E-state index in [1.165, 1.54) is 5.00 Å². The topological polar surface area (TPSA) is 61.8 Å². The summed E-state index contributed by atoms with van der Waals surface area (Å²) >= 11 is 7.61. The molecule has 3 heterocycles. The van der Waals surface area contributed by atoms with Gasteiger partial charge in [-0.25, -0.2) is 4.98 Å². The van der Waals surface area contributed by atoms with Crippen molar-refractivity contribution in [3.05, 3.63) is 40.9 Å². The standard InChI is InChI=1S/C18H24ClN5OS/c1-20-18(21-8-11-25-16-5-4-14(19)13-22-16)23-15-6-9-24(10-7-15)17-3-2-12-26-17/h2-5,12-13,15H,6-11H2,1H3,(H2,20,21,23). The number of guanidine groups is 1. The minimum atomic E-state index is 0.441. The summed E-state index contributed by atoms with van der Waals surface area (Å²) in [5, 5.41) is 10.9. The van der Waals surface area contributed by atoms with E-state index in [0.29, 0.717) is 30.1 Å². The fraction of sp³-hybridized carbons (Fsp3) is 0.444. The van der Waals surface area contributed by atoms with Crippen molar-refractivity contribution >= 4 is 33.9 Å². The second-order valence-electron chi connectivity index (χ2n) is 6.02. The van der Waals surface area contributed by atoms with Crippen LogP contribution in [0.5, 0.6) is 5.88 Å². The predicted molar refractivity (Wildman–Crippen MR) is 109 cm³/mol. The molecule has 0 aliphatic carbocycles. The maximum atomic E-state index is 5.81. The molecule has 0 atom stereocenters. The third-order valence-electron chi connectivity index (χ3n) is 4.22. The molecule has 1 aliphatic heterocycles. The van der Waals surface area contributed by atoms with E-state index in [0.717, 1.165) is 31.9 Å². The Morgan fingerprint density at radius 2 is 2.23 bits per heavy atom. The summed E-state index contributed by atoms with van der Waals surface area (Å²) in [6.07, 6.45) is 3.78. The van der Waals surface area contributed by atoms with E-state index in [4.69, 9.17) is 16.3 Å². The van der Waals surface area contributed by atoms with Crippen molar-refractivity contribution in [3.8, 4) is 5.88 Å². The second-order valence-corrected chi connectivity index (χ2v) is 7.38. The maximum Gasteiger partial charge on any atom is 0.213 e. The Labute approximate surface area is 163 Å². The van der Waals surface area contributed by atoms with Gasteiger partial charge in [0.05, 0.1) is 16.6 Å². The molecule has 2 N–H and O–H groups in total. The molecule has 140 valence electrons. The van der Waals surface area contributed by atoms with Crippen LogP contribution in [0.3, 0.4) is 0 Å². The maximum absolute atomic E-state index is 5.81. The first kappa shape index (κ1) is 18.8. The number of halogens is 1. The number of hydrogen-bond acceptors (Lipinski definition) is 5. The molecule has 1 aliphatic rings. The number of rotatable bonds is 6. The van der Waals surface area contributed by atoms with E-state index >= 15 is 0 Å². The number of anilines is 1. The van der Waals surface area contributed by atoms with Crippen molar-refractivity contribution in [3.63, 3.8) is 0 Å². The Morgan fingerprint density at radius 3 is 2.88 bits per heavy atom. The third kappa shape index (κ3) is 5.51. The van der Waals surface area contributed by atoms with Crippen LogP contribution in [-0.4, -0.2) is 50.3 Å². The largest absolute Gasteiger partial charge is 0.476 e. The van der Waals surface area contributed by atoms with Gasteiger partial charge in [0.2, 0.25) is 5.88 Å². The molecule has 0 aromatic carbocycles. The lowest BCUT2D eigenvalue weighted by molar-refractivity contribution is 0.309. The number of nitrogens with zero attached hydrogens (tertiary/aromatic N) is 3. The van der Waals surface area contributed by atoms with Crippen LogP contribution in [0.1, 0.15) is 12.8 Å². The molecule has 0 amide bonds. The van der Waals surface area contributed by atoms with Gasteiger partial charge < -0.3 is 20.3 Å². The summed E-state index contributed by atoms with van der Waals surface area (Å²) in [7, 11) is 1.79. The zero-order chi connectivity index (χ0) is 18.2. The molecule has 2 aromatic rings. The lowest BCUT2D eigenvalue weighted by Crippen LogP contribution is -2.49. The van der Waals surface area contributed by atoms with Gasteiger partial charge in [-0.05, 0) is 36.4 Å². The number of pyridine rings is 1. The monoisotopic (exact) mass is 393 g/mol. The van der Waals surface area contributed by atoms with E-state index in [1.807, 2.05) is 0 Å². The Morgan fingerprint density at radius 1 is 1.38 bits per heavy atom. The Balaban J connectivity index is 1.35. The molecule has 6 nitrogen and oxygen atoms in total. The molecule has 8 heteroatoms. The summed E-state index contributed by atoms with van der Waals surface area (Å²) in [5.74, 6) is 1.38. The fourth-order valence-electron chi connectivity index (χ4n) is 2.85. The lowest BCUT2D eigenvalue weighted by atomic mass is 10.1. The molecule has 0 bridgehead atoms. The van der Waals surface area contributed by atoms with Crippen LogP contribution >= 0.6 is 22.9 Å². The molecule has 3 rings (SSSR count). The zero-order valence-electron chi connectivity index (χ0n) is 14.8. The highest BCUT2D eigenvalue weighted by Crippen LogP contribution is 2.24. The van der Waals surface area contributed by atoms with Gasteiger partial charge in [0.15, 0.2) is 5.96 Å². The minimum absolute atomic E-state index is 0.441. The second kappa shape index (κ2) is 9.64. The van der Waals surface area contributed by atoms with Gasteiger partial charge in [0.1, 0.15) is 6.61 Å². The van der Waals surface area contributed by atoms with E-state index in [1.54, 1.807) is 36.7 Å². The molecular formula is C18H24ClN5OS. The SMILES string of the molecule is CN=C(NCCOc1ccc(Cl)cn1)NC1CCN(c2cccs2)CC1. The van der Waals surface area contributed by atoms with Gasteiger partial charge in [-0.15, -0.1) is 11.3 Å². The van der Waals surface area contributed by atoms with Crippen molar-refractivity contribution < 1.29 is 4.74 Å². The van der Waals surface area contributed by atoms with Gasteiger partial charge in [-0.2, -0.15) is 0 Å². The van der Waals surface area contributed by atoms with Crippen LogP contribution in [0.15, 0.2) is 40.8 Å². The number of nitrogens with one attached hydrogen (secondary N) is 2. The van der Waals surface area contributed by atoms with Crippen molar-refractivity contribution in [2.45, 2.75) is 18.9 Å². The number of thiophene rings is 1. The van der Waals surface area contributed by atoms with Gasteiger partial charge in [0.25, 0.3) is 0 Å². The molecule has 1 saturated heterocycles. The number of aliphatic imine (C=N–C) groups is 1.